The van der Waals surface area contributed by atoms with Crippen LogP contribution in [0.25, 0.3) is 11.3 Å². The van der Waals surface area contributed by atoms with E-state index in [1.54, 1.807) is 0 Å². The van der Waals surface area contributed by atoms with Crippen molar-refractivity contribution in [2.24, 2.45) is 0 Å². The lowest BCUT2D eigenvalue weighted by Crippen LogP contribution is -2.13. The fraction of sp³-hybridized carbons (Fsp3) is 0.0588. The third-order valence-corrected chi connectivity index (χ3v) is 5.39. The van der Waals surface area contributed by atoms with Gasteiger partial charge in [-0.3, -0.25) is 4.79 Å². The highest BCUT2D eigenvalue weighted by molar-refractivity contribution is 14.1. The van der Waals surface area contributed by atoms with Gasteiger partial charge in [-0.25, -0.2) is 0 Å². The summed E-state index contributed by atoms with van der Waals surface area (Å²) in [6, 6.07) is 17.6. The average molecular weight is 420 g/mol. The Bertz CT molecular complexity index is 815. The third kappa shape index (κ3) is 3.20. The molecule has 0 atom stereocenters. The van der Waals surface area contributed by atoms with Gasteiger partial charge in [0.05, 0.1) is 11.3 Å². The molecule has 1 aromatic heterocycles. The number of carbonyl (C=O) groups excluding carboxylic acids is 1. The molecular weight excluding hydrogens is 407 g/mol. The van der Waals surface area contributed by atoms with Crippen LogP contribution in [-0.2, 0) is 0 Å². The van der Waals surface area contributed by atoms with E-state index in [9.17, 15) is 4.79 Å². The summed E-state index contributed by atoms with van der Waals surface area (Å²) in [5.41, 5.74) is 3.71. The molecule has 3 rings (SSSR count). The summed E-state index contributed by atoms with van der Waals surface area (Å²) in [5.74, 6) is -0.101. The minimum atomic E-state index is -0.101. The molecule has 0 spiro atoms. The molecule has 0 saturated carbocycles. The van der Waals surface area contributed by atoms with Crippen molar-refractivity contribution in [3.63, 3.8) is 0 Å². The van der Waals surface area contributed by atoms with Crippen LogP contribution in [-0.4, -0.2) is 10.3 Å². The Hall–Kier alpha value is -1.73. The largest absolute Gasteiger partial charge is 0.312 e. The fourth-order valence-corrected chi connectivity index (χ4v) is 3.34. The number of carbonyl (C=O) groups is 1. The molecule has 0 aliphatic heterocycles. The van der Waals surface area contributed by atoms with Gasteiger partial charge in [-0.15, -0.1) is 0 Å². The van der Waals surface area contributed by atoms with Gasteiger partial charge in [0.1, 0.15) is 5.00 Å². The quantitative estimate of drug-likeness (QED) is 0.608. The van der Waals surface area contributed by atoms with Crippen molar-refractivity contribution in [1.82, 2.24) is 4.37 Å². The predicted molar refractivity (Wildman–Crippen MR) is 99.4 cm³/mol. The summed E-state index contributed by atoms with van der Waals surface area (Å²) in [6.45, 7) is 2.00. The van der Waals surface area contributed by atoms with E-state index in [2.05, 4.69) is 32.3 Å². The molecule has 0 bridgehead atoms. The Balaban J connectivity index is 1.81. The highest BCUT2D eigenvalue weighted by atomic mass is 127. The predicted octanol–water partition coefficient (Wildman–Crippen LogP) is 4.98. The third-order valence-electron chi connectivity index (χ3n) is 3.25. The van der Waals surface area contributed by atoms with Gasteiger partial charge in [0, 0.05) is 15.2 Å². The van der Waals surface area contributed by atoms with Crippen LogP contribution in [0.2, 0.25) is 0 Å². The summed E-state index contributed by atoms with van der Waals surface area (Å²) < 4.78 is 5.38. The number of rotatable bonds is 3. The highest BCUT2D eigenvalue weighted by Gasteiger charge is 2.13. The lowest BCUT2D eigenvalue weighted by atomic mass is 10.1. The van der Waals surface area contributed by atoms with Gasteiger partial charge in [0.2, 0.25) is 0 Å². The molecule has 5 heteroatoms. The lowest BCUT2D eigenvalue weighted by molar-refractivity contribution is 0.102. The number of benzene rings is 2. The van der Waals surface area contributed by atoms with Crippen LogP contribution < -0.4 is 5.32 Å². The zero-order valence-corrected chi connectivity index (χ0v) is 14.8. The molecule has 0 aliphatic carbocycles. The minimum Gasteiger partial charge on any atom is -0.312 e. The van der Waals surface area contributed by atoms with E-state index in [4.69, 9.17) is 0 Å². The molecule has 3 aromatic rings. The molecule has 1 amide bonds. The maximum atomic E-state index is 12.4. The minimum absolute atomic E-state index is 0.101. The van der Waals surface area contributed by atoms with E-state index in [0.717, 1.165) is 25.4 Å². The molecule has 0 fully saturated rings. The summed E-state index contributed by atoms with van der Waals surface area (Å²) >= 11 is 3.50. The summed E-state index contributed by atoms with van der Waals surface area (Å²) in [4.78, 5) is 12.4. The zero-order chi connectivity index (χ0) is 15.5. The molecule has 110 valence electrons. The van der Waals surface area contributed by atoms with Crippen LogP contribution in [0.4, 0.5) is 5.00 Å². The smallest absolute Gasteiger partial charge is 0.257 e. The molecule has 1 N–H and O–H groups in total. The molecule has 1 heterocycles. The molecule has 0 unspecified atom stereocenters. The molecule has 0 radical (unpaired) electrons. The highest BCUT2D eigenvalue weighted by Crippen LogP contribution is 2.26. The number of nitrogens with one attached hydrogen (secondary N) is 1. The van der Waals surface area contributed by atoms with E-state index < -0.39 is 0 Å². The van der Waals surface area contributed by atoms with E-state index >= 15 is 0 Å². The lowest BCUT2D eigenvalue weighted by Gasteiger charge is -2.06. The van der Waals surface area contributed by atoms with Crippen LogP contribution in [0.3, 0.4) is 0 Å². The summed E-state index contributed by atoms with van der Waals surface area (Å²) in [5, 5.41) is 3.68. The first-order chi connectivity index (χ1) is 10.6. The summed E-state index contributed by atoms with van der Waals surface area (Å²) in [7, 11) is 0. The number of hydrogen-bond donors (Lipinski definition) is 1. The molecule has 2 aromatic carbocycles. The second-order valence-electron chi connectivity index (χ2n) is 4.83. The van der Waals surface area contributed by atoms with Crippen molar-refractivity contribution in [1.29, 1.82) is 0 Å². The first-order valence-electron chi connectivity index (χ1n) is 6.74. The standard InChI is InChI=1S/C17H13IN2OS/c1-11-6-5-9-13(16(11)18)17(21)19-15-10-14(20-22-15)12-7-3-2-4-8-12/h2-10H,1H3,(H,19,21). The van der Waals surface area contributed by atoms with Crippen molar-refractivity contribution in [3.8, 4) is 11.3 Å². The van der Waals surface area contributed by atoms with Crippen LogP contribution in [0.15, 0.2) is 54.6 Å². The van der Waals surface area contributed by atoms with E-state index in [-0.39, 0.29) is 5.91 Å². The molecule has 22 heavy (non-hydrogen) atoms. The Labute approximate surface area is 146 Å². The second kappa shape index (κ2) is 6.58. The van der Waals surface area contributed by atoms with E-state index in [0.29, 0.717) is 5.56 Å². The number of nitrogens with zero attached hydrogens (tertiary/aromatic N) is 1. The second-order valence-corrected chi connectivity index (χ2v) is 6.72. The molecule has 0 saturated heterocycles. The Morgan fingerprint density at radius 3 is 2.68 bits per heavy atom. The van der Waals surface area contributed by atoms with Gasteiger partial charge in [0.25, 0.3) is 5.91 Å². The van der Waals surface area contributed by atoms with Gasteiger partial charge in [-0.05, 0) is 52.7 Å². The number of aromatic nitrogens is 1. The number of anilines is 1. The maximum absolute atomic E-state index is 12.4. The fourth-order valence-electron chi connectivity index (χ4n) is 2.08. The number of aryl methyl sites for hydroxylation is 1. The average Bonchev–Trinajstić information content (AvgIpc) is 2.99. The van der Waals surface area contributed by atoms with E-state index in [1.165, 1.54) is 11.5 Å². The van der Waals surface area contributed by atoms with Crippen LogP contribution in [0.5, 0.6) is 0 Å². The van der Waals surface area contributed by atoms with Gasteiger partial charge in [0.15, 0.2) is 0 Å². The number of amides is 1. The SMILES string of the molecule is Cc1cccc(C(=O)Nc2cc(-c3ccccc3)ns2)c1I. The van der Waals surface area contributed by atoms with Gasteiger partial charge < -0.3 is 5.32 Å². The van der Waals surface area contributed by atoms with Crippen molar-refractivity contribution in [2.75, 3.05) is 5.32 Å². The number of halogens is 1. The van der Waals surface area contributed by atoms with Crippen molar-refractivity contribution in [3.05, 3.63) is 69.3 Å². The Kier molecular flexibility index (Phi) is 4.54. The molecule has 3 nitrogen and oxygen atoms in total. The van der Waals surface area contributed by atoms with Gasteiger partial charge >= 0.3 is 0 Å². The van der Waals surface area contributed by atoms with Crippen molar-refractivity contribution in [2.45, 2.75) is 6.92 Å². The van der Waals surface area contributed by atoms with Crippen LogP contribution >= 0.6 is 34.1 Å². The normalized spacial score (nSPS) is 10.5. The van der Waals surface area contributed by atoms with E-state index in [1.807, 2.05) is 61.5 Å². The van der Waals surface area contributed by atoms with Crippen molar-refractivity contribution >= 4 is 45.0 Å². The zero-order valence-electron chi connectivity index (χ0n) is 11.8. The number of hydrogen-bond acceptors (Lipinski definition) is 3. The van der Waals surface area contributed by atoms with Crippen LogP contribution in [0.1, 0.15) is 15.9 Å². The van der Waals surface area contributed by atoms with Gasteiger partial charge in [-0.1, -0.05) is 42.5 Å². The Morgan fingerprint density at radius 2 is 1.91 bits per heavy atom. The molecular formula is C17H13IN2OS. The first-order valence-corrected chi connectivity index (χ1v) is 8.59. The monoisotopic (exact) mass is 420 g/mol. The topological polar surface area (TPSA) is 42.0 Å². The molecule has 0 aliphatic rings. The first kappa shape index (κ1) is 15.2. The maximum Gasteiger partial charge on any atom is 0.257 e. The van der Waals surface area contributed by atoms with Crippen LogP contribution in [0, 0.1) is 10.5 Å². The Morgan fingerprint density at radius 1 is 1.14 bits per heavy atom. The van der Waals surface area contributed by atoms with Crippen molar-refractivity contribution < 1.29 is 4.79 Å². The summed E-state index contributed by atoms with van der Waals surface area (Å²) in [6.07, 6.45) is 0. The van der Waals surface area contributed by atoms with Gasteiger partial charge in [-0.2, -0.15) is 4.37 Å².